The van der Waals surface area contributed by atoms with Gasteiger partial charge in [0.2, 0.25) is 0 Å². The van der Waals surface area contributed by atoms with E-state index in [0.29, 0.717) is 37.7 Å². The highest BCUT2D eigenvalue weighted by Crippen LogP contribution is 2.25. The van der Waals surface area contributed by atoms with Gasteiger partial charge in [0.15, 0.2) is 18.1 Å². The van der Waals surface area contributed by atoms with E-state index in [2.05, 4.69) is 0 Å². The molecule has 1 aliphatic heterocycles. The largest absolute Gasteiger partial charge is 0.493 e. The van der Waals surface area contributed by atoms with Crippen molar-refractivity contribution in [2.75, 3.05) is 52.4 Å². The molecule has 1 heterocycles. The second kappa shape index (κ2) is 9.22. The highest BCUT2D eigenvalue weighted by atomic mass is 35.5. The van der Waals surface area contributed by atoms with Gasteiger partial charge in [-0.25, -0.2) is 4.79 Å². The van der Waals surface area contributed by atoms with E-state index in [1.54, 1.807) is 29.0 Å². The second-order valence-corrected chi connectivity index (χ2v) is 5.49. The van der Waals surface area contributed by atoms with Crippen LogP contribution in [0.25, 0.3) is 0 Å². The Morgan fingerprint density at radius 3 is 2.33 bits per heavy atom. The van der Waals surface area contributed by atoms with E-state index in [-0.39, 0.29) is 25.0 Å². The lowest BCUT2D eigenvalue weighted by Crippen LogP contribution is -2.51. The molecule has 1 aromatic carbocycles. The average molecular weight is 357 g/mol. The molecule has 0 saturated carbocycles. The van der Waals surface area contributed by atoms with Gasteiger partial charge in [0, 0.05) is 26.2 Å². The molecular formula is C16H21ClN2O5. The number of piperazine rings is 1. The summed E-state index contributed by atoms with van der Waals surface area (Å²) in [7, 11) is 1.55. The van der Waals surface area contributed by atoms with Crippen molar-refractivity contribution >= 4 is 23.6 Å². The normalized spacial score (nSPS) is 14.2. The smallest absolute Gasteiger partial charge is 0.409 e. The Bertz CT molecular complexity index is 561. The van der Waals surface area contributed by atoms with E-state index in [1.807, 2.05) is 12.1 Å². The molecule has 0 radical (unpaired) electrons. The Labute approximate surface area is 146 Å². The second-order valence-electron chi connectivity index (χ2n) is 5.11. The summed E-state index contributed by atoms with van der Waals surface area (Å²) in [6.45, 7) is 1.88. The molecule has 7 nitrogen and oxygen atoms in total. The van der Waals surface area contributed by atoms with Crippen LogP contribution in [0.4, 0.5) is 4.79 Å². The van der Waals surface area contributed by atoms with Crippen LogP contribution in [0.5, 0.6) is 11.5 Å². The summed E-state index contributed by atoms with van der Waals surface area (Å²) in [5.41, 5.74) is 0. The molecule has 1 aromatic rings. The summed E-state index contributed by atoms with van der Waals surface area (Å²) in [5.74, 6) is 1.24. The molecule has 0 aromatic heterocycles. The van der Waals surface area contributed by atoms with Gasteiger partial charge in [-0.1, -0.05) is 12.1 Å². The van der Waals surface area contributed by atoms with Gasteiger partial charge in [0.05, 0.1) is 13.0 Å². The molecule has 2 amide bonds. The minimum atomic E-state index is -0.395. The monoisotopic (exact) mass is 356 g/mol. The van der Waals surface area contributed by atoms with Gasteiger partial charge in [0.1, 0.15) is 6.61 Å². The van der Waals surface area contributed by atoms with Crippen LogP contribution >= 0.6 is 11.6 Å². The quantitative estimate of drug-likeness (QED) is 0.724. The van der Waals surface area contributed by atoms with Crippen molar-refractivity contribution in [1.29, 1.82) is 0 Å². The lowest BCUT2D eigenvalue weighted by atomic mass is 10.3. The van der Waals surface area contributed by atoms with Crippen LogP contribution in [0.1, 0.15) is 0 Å². The lowest BCUT2D eigenvalue weighted by molar-refractivity contribution is -0.135. The Morgan fingerprint density at radius 1 is 1.08 bits per heavy atom. The standard InChI is InChI=1S/C16H21ClN2O5/c1-22-13-4-2-3-5-14(13)24-12-15(20)18-7-9-19(10-8-18)16(21)23-11-6-17/h2-5H,6-12H2,1H3. The minimum Gasteiger partial charge on any atom is -0.493 e. The van der Waals surface area contributed by atoms with E-state index in [9.17, 15) is 9.59 Å². The molecular weight excluding hydrogens is 336 g/mol. The summed E-state index contributed by atoms with van der Waals surface area (Å²) in [4.78, 5) is 27.2. The fourth-order valence-electron chi connectivity index (χ4n) is 2.32. The van der Waals surface area contributed by atoms with Crippen LogP contribution in [0.15, 0.2) is 24.3 Å². The number of halogens is 1. The Balaban J connectivity index is 1.77. The van der Waals surface area contributed by atoms with Gasteiger partial charge in [-0.05, 0) is 12.1 Å². The number of carbonyl (C=O) groups excluding carboxylic acids is 2. The summed E-state index contributed by atoms with van der Waals surface area (Å²) < 4.78 is 15.7. The van der Waals surface area contributed by atoms with E-state index >= 15 is 0 Å². The number of para-hydroxylation sites is 2. The van der Waals surface area contributed by atoms with Crippen molar-refractivity contribution in [3.05, 3.63) is 24.3 Å². The Kier molecular flexibility index (Phi) is 6.99. The fraction of sp³-hybridized carbons (Fsp3) is 0.500. The maximum atomic E-state index is 12.2. The third-order valence-corrected chi connectivity index (χ3v) is 3.77. The number of nitrogens with zero attached hydrogens (tertiary/aromatic N) is 2. The Morgan fingerprint density at radius 2 is 1.71 bits per heavy atom. The third-order valence-electron chi connectivity index (χ3n) is 3.61. The number of hydrogen-bond acceptors (Lipinski definition) is 5. The summed E-state index contributed by atoms with van der Waals surface area (Å²) in [6, 6.07) is 7.16. The molecule has 0 atom stereocenters. The molecule has 0 spiro atoms. The highest BCUT2D eigenvalue weighted by molar-refractivity contribution is 6.18. The maximum Gasteiger partial charge on any atom is 0.409 e. The van der Waals surface area contributed by atoms with Crippen molar-refractivity contribution < 1.29 is 23.8 Å². The Hall–Kier alpha value is -2.15. The van der Waals surface area contributed by atoms with Gasteiger partial charge in [-0.15, -0.1) is 11.6 Å². The molecule has 1 fully saturated rings. The van der Waals surface area contributed by atoms with E-state index < -0.39 is 6.09 Å². The SMILES string of the molecule is COc1ccccc1OCC(=O)N1CCN(C(=O)OCCCl)CC1. The summed E-state index contributed by atoms with van der Waals surface area (Å²) in [6.07, 6.45) is -0.395. The zero-order valence-electron chi connectivity index (χ0n) is 13.6. The number of amides is 2. The van der Waals surface area contributed by atoms with Gasteiger partial charge in [0.25, 0.3) is 5.91 Å². The number of methoxy groups -OCH3 is 1. The van der Waals surface area contributed by atoms with Gasteiger partial charge in [-0.2, -0.15) is 0 Å². The topological polar surface area (TPSA) is 68.3 Å². The zero-order chi connectivity index (χ0) is 17.4. The fourth-order valence-corrected chi connectivity index (χ4v) is 2.40. The zero-order valence-corrected chi connectivity index (χ0v) is 14.3. The molecule has 0 unspecified atom stereocenters. The van der Waals surface area contributed by atoms with Gasteiger partial charge < -0.3 is 24.0 Å². The number of alkyl halides is 1. The van der Waals surface area contributed by atoms with Crippen LogP contribution in [0, 0.1) is 0 Å². The maximum absolute atomic E-state index is 12.2. The van der Waals surface area contributed by atoms with Crippen molar-refractivity contribution in [2.24, 2.45) is 0 Å². The molecule has 8 heteroatoms. The third kappa shape index (κ3) is 4.92. The predicted molar refractivity (Wildman–Crippen MR) is 88.7 cm³/mol. The van der Waals surface area contributed by atoms with E-state index in [4.69, 9.17) is 25.8 Å². The van der Waals surface area contributed by atoms with Crippen LogP contribution < -0.4 is 9.47 Å². The first-order valence-corrected chi connectivity index (χ1v) is 8.20. The number of hydrogen-bond donors (Lipinski definition) is 0. The minimum absolute atomic E-state index is 0.0724. The molecule has 132 valence electrons. The van der Waals surface area contributed by atoms with Crippen molar-refractivity contribution in [3.63, 3.8) is 0 Å². The first kappa shape index (κ1) is 18.2. The molecule has 0 N–H and O–H groups in total. The highest BCUT2D eigenvalue weighted by Gasteiger charge is 2.25. The summed E-state index contributed by atoms with van der Waals surface area (Å²) >= 11 is 5.48. The first-order valence-electron chi connectivity index (χ1n) is 7.67. The van der Waals surface area contributed by atoms with Crippen molar-refractivity contribution in [1.82, 2.24) is 9.80 Å². The van der Waals surface area contributed by atoms with Crippen molar-refractivity contribution in [2.45, 2.75) is 0 Å². The molecule has 0 aliphatic carbocycles. The summed E-state index contributed by atoms with van der Waals surface area (Å²) in [5, 5.41) is 0. The molecule has 1 aliphatic rings. The number of ether oxygens (including phenoxy) is 3. The lowest BCUT2D eigenvalue weighted by Gasteiger charge is -2.34. The van der Waals surface area contributed by atoms with E-state index in [0.717, 1.165) is 0 Å². The van der Waals surface area contributed by atoms with Crippen LogP contribution in [-0.4, -0.2) is 74.2 Å². The number of carbonyl (C=O) groups is 2. The predicted octanol–water partition coefficient (Wildman–Crippen LogP) is 1.59. The number of rotatable bonds is 6. The van der Waals surface area contributed by atoms with Gasteiger partial charge in [-0.3, -0.25) is 4.79 Å². The van der Waals surface area contributed by atoms with Gasteiger partial charge >= 0.3 is 6.09 Å². The van der Waals surface area contributed by atoms with Crippen LogP contribution in [0.3, 0.4) is 0 Å². The average Bonchev–Trinajstić information content (AvgIpc) is 2.64. The molecule has 2 rings (SSSR count). The van der Waals surface area contributed by atoms with Crippen LogP contribution in [0.2, 0.25) is 0 Å². The first-order chi connectivity index (χ1) is 11.7. The van der Waals surface area contributed by atoms with Crippen molar-refractivity contribution in [3.8, 4) is 11.5 Å². The van der Waals surface area contributed by atoms with E-state index in [1.165, 1.54) is 0 Å². The molecule has 0 bridgehead atoms. The van der Waals surface area contributed by atoms with Crippen LogP contribution in [-0.2, 0) is 9.53 Å². The molecule has 24 heavy (non-hydrogen) atoms. The molecule has 1 saturated heterocycles. The number of benzene rings is 1.